The molecule has 1 amide bonds. The standard InChI is InChI=1S/C27H32N4O4S/c1-18-5-6-19-12-25(28-24(19)11-18)23-14-22(7-8-26(23)30-9-3-4-10-30)36(33,34)29(2)16-27(32)31-15-21-13-20(31)17-35-21/h5-8,11-12,14,20-21,28H,3-4,9-10,13,15-17H2,1-2H3/t20-,21-/m0/s1. The Hall–Kier alpha value is -2.88. The molecule has 0 radical (unpaired) electrons. The predicted octanol–water partition coefficient (Wildman–Crippen LogP) is 3.36. The molecule has 3 aliphatic heterocycles. The molecular weight excluding hydrogens is 476 g/mol. The normalized spacial score (nSPS) is 21.9. The quantitative estimate of drug-likeness (QED) is 0.552. The van der Waals surface area contributed by atoms with Gasteiger partial charge >= 0.3 is 0 Å². The summed E-state index contributed by atoms with van der Waals surface area (Å²) in [5.74, 6) is -0.170. The average Bonchev–Trinajstić information content (AvgIpc) is 3.67. The van der Waals surface area contributed by atoms with Crippen LogP contribution in [0.1, 0.15) is 24.8 Å². The third-order valence-electron chi connectivity index (χ3n) is 7.77. The third-order valence-corrected chi connectivity index (χ3v) is 9.57. The Morgan fingerprint density at radius 2 is 1.94 bits per heavy atom. The summed E-state index contributed by atoms with van der Waals surface area (Å²) in [6.45, 7) is 4.87. The highest BCUT2D eigenvalue weighted by molar-refractivity contribution is 7.89. The zero-order valence-corrected chi connectivity index (χ0v) is 21.6. The van der Waals surface area contributed by atoms with E-state index in [9.17, 15) is 13.2 Å². The maximum atomic E-state index is 13.6. The summed E-state index contributed by atoms with van der Waals surface area (Å²) in [6, 6.07) is 13.7. The summed E-state index contributed by atoms with van der Waals surface area (Å²) >= 11 is 0. The molecule has 1 N–H and O–H groups in total. The number of likely N-dealkylation sites (tertiary alicyclic amines) is 1. The number of aryl methyl sites for hydroxylation is 1. The molecule has 8 nitrogen and oxygen atoms in total. The van der Waals surface area contributed by atoms with Crippen molar-refractivity contribution in [3.63, 3.8) is 0 Å². The van der Waals surface area contributed by atoms with Crippen LogP contribution in [0.25, 0.3) is 22.2 Å². The number of likely N-dealkylation sites (N-methyl/N-ethyl adjacent to an activating group) is 1. The van der Waals surface area contributed by atoms with Gasteiger partial charge in [0.25, 0.3) is 0 Å². The van der Waals surface area contributed by atoms with E-state index in [1.54, 1.807) is 17.0 Å². The van der Waals surface area contributed by atoms with Crippen LogP contribution >= 0.6 is 0 Å². The number of fused-ring (bicyclic) bond motifs is 3. The molecule has 0 unspecified atom stereocenters. The number of aromatic nitrogens is 1. The number of rotatable bonds is 6. The number of anilines is 1. The fraction of sp³-hybridized carbons (Fsp3) is 0.444. The zero-order chi connectivity index (χ0) is 25.0. The molecule has 190 valence electrons. The maximum absolute atomic E-state index is 13.6. The van der Waals surface area contributed by atoms with Gasteiger partial charge in [-0.25, -0.2) is 8.42 Å². The van der Waals surface area contributed by atoms with Crippen LogP contribution in [0.5, 0.6) is 0 Å². The molecule has 3 saturated heterocycles. The number of sulfonamides is 1. The van der Waals surface area contributed by atoms with E-state index in [2.05, 4.69) is 41.1 Å². The number of hydrogen-bond donors (Lipinski definition) is 1. The number of nitrogens with zero attached hydrogens (tertiary/aromatic N) is 3. The minimum atomic E-state index is -3.86. The lowest BCUT2D eigenvalue weighted by molar-refractivity contribution is -0.135. The molecule has 2 aromatic carbocycles. The first-order valence-electron chi connectivity index (χ1n) is 12.7. The van der Waals surface area contributed by atoms with E-state index in [0.717, 1.165) is 65.8 Å². The van der Waals surface area contributed by atoms with Gasteiger partial charge in [-0.2, -0.15) is 4.31 Å². The number of ether oxygens (including phenoxy) is 1. The highest BCUT2D eigenvalue weighted by Crippen LogP contribution is 2.37. The second kappa shape index (κ2) is 8.90. The van der Waals surface area contributed by atoms with Crippen molar-refractivity contribution in [2.75, 3.05) is 44.7 Å². The van der Waals surface area contributed by atoms with Gasteiger partial charge in [-0.05, 0) is 62.1 Å². The van der Waals surface area contributed by atoms with Crippen LogP contribution in [-0.2, 0) is 19.6 Å². The molecule has 2 bridgehead atoms. The van der Waals surface area contributed by atoms with Crippen molar-refractivity contribution in [1.29, 1.82) is 0 Å². The molecule has 0 saturated carbocycles. The lowest BCUT2D eigenvalue weighted by Crippen LogP contribution is -2.46. The minimum Gasteiger partial charge on any atom is -0.374 e. The lowest BCUT2D eigenvalue weighted by Gasteiger charge is -2.28. The number of carbonyl (C=O) groups excluding carboxylic acids is 1. The fourth-order valence-corrected chi connectivity index (χ4v) is 6.91. The number of hydrogen-bond acceptors (Lipinski definition) is 5. The van der Waals surface area contributed by atoms with E-state index in [1.807, 2.05) is 6.07 Å². The van der Waals surface area contributed by atoms with Gasteiger partial charge in [0.05, 0.1) is 30.2 Å². The molecule has 36 heavy (non-hydrogen) atoms. The van der Waals surface area contributed by atoms with Crippen LogP contribution < -0.4 is 4.90 Å². The maximum Gasteiger partial charge on any atom is 0.243 e. The summed E-state index contributed by atoms with van der Waals surface area (Å²) in [4.78, 5) is 20.7. The number of aromatic amines is 1. The number of morpholine rings is 1. The number of benzene rings is 2. The highest BCUT2D eigenvalue weighted by atomic mass is 32.2. The van der Waals surface area contributed by atoms with Gasteiger partial charge in [0.2, 0.25) is 15.9 Å². The Labute approximate surface area is 211 Å². The molecule has 1 aromatic heterocycles. The van der Waals surface area contributed by atoms with Gasteiger partial charge in [0, 0.05) is 54.5 Å². The zero-order valence-electron chi connectivity index (χ0n) is 20.7. The van der Waals surface area contributed by atoms with Gasteiger partial charge < -0.3 is 19.5 Å². The Morgan fingerprint density at radius 1 is 1.14 bits per heavy atom. The monoisotopic (exact) mass is 508 g/mol. The van der Waals surface area contributed by atoms with Crippen molar-refractivity contribution in [2.24, 2.45) is 0 Å². The van der Waals surface area contributed by atoms with Crippen LogP contribution in [0.2, 0.25) is 0 Å². The van der Waals surface area contributed by atoms with Crippen molar-refractivity contribution in [1.82, 2.24) is 14.2 Å². The Morgan fingerprint density at radius 3 is 2.67 bits per heavy atom. The van der Waals surface area contributed by atoms with Crippen LogP contribution in [0.4, 0.5) is 5.69 Å². The van der Waals surface area contributed by atoms with Crippen LogP contribution in [0.15, 0.2) is 47.4 Å². The Balaban J connectivity index is 1.33. The molecular formula is C27H32N4O4S. The molecule has 0 spiro atoms. The number of H-pyrrole nitrogens is 1. The van der Waals surface area contributed by atoms with Gasteiger partial charge in [0.1, 0.15) is 0 Å². The molecule has 4 heterocycles. The van der Waals surface area contributed by atoms with Crippen molar-refractivity contribution in [2.45, 2.75) is 43.2 Å². The van der Waals surface area contributed by atoms with Crippen LogP contribution in [0.3, 0.4) is 0 Å². The van der Waals surface area contributed by atoms with Crippen molar-refractivity contribution < 1.29 is 17.9 Å². The second-order valence-corrected chi connectivity index (χ2v) is 12.3. The first-order valence-corrected chi connectivity index (χ1v) is 14.1. The highest BCUT2D eigenvalue weighted by Gasteiger charge is 2.42. The van der Waals surface area contributed by atoms with E-state index in [4.69, 9.17) is 4.74 Å². The molecule has 3 fully saturated rings. The van der Waals surface area contributed by atoms with Gasteiger partial charge in [-0.1, -0.05) is 12.1 Å². The van der Waals surface area contributed by atoms with E-state index in [-0.39, 0.29) is 29.5 Å². The predicted molar refractivity (Wildman–Crippen MR) is 140 cm³/mol. The molecule has 6 rings (SSSR count). The van der Waals surface area contributed by atoms with Crippen LogP contribution in [0, 0.1) is 6.92 Å². The molecule has 0 aliphatic carbocycles. The first kappa shape index (κ1) is 23.5. The number of amides is 1. The van der Waals surface area contributed by atoms with Crippen molar-refractivity contribution in [3.05, 3.63) is 48.0 Å². The molecule has 9 heteroatoms. The average molecular weight is 509 g/mol. The first-order chi connectivity index (χ1) is 17.3. The van der Waals surface area contributed by atoms with Gasteiger partial charge in [0.15, 0.2) is 0 Å². The summed E-state index contributed by atoms with van der Waals surface area (Å²) in [6.07, 6.45) is 3.17. The number of nitrogens with one attached hydrogen (secondary N) is 1. The number of carbonyl (C=O) groups is 1. The summed E-state index contributed by atoms with van der Waals surface area (Å²) in [7, 11) is -2.38. The van der Waals surface area contributed by atoms with E-state index in [1.165, 1.54) is 11.4 Å². The fourth-order valence-electron chi connectivity index (χ4n) is 5.76. The van der Waals surface area contributed by atoms with E-state index < -0.39 is 10.0 Å². The lowest BCUT2D eigenvalue weighted by atomic mass is 10.1. The smallest absolute Gasteiger partial charge is 0.243 e. The SMILES string of the molecule is Cc1ccc2cc(-c3cc(S(=O)(=O)N(C)CC(=O)N4C[C@@H]5C[C@H]4CO5)ccc3N3CCCC3)[nH]c2c1. The summed E-state index contributed by atoms with van der Waals surface area (Å²) < 4.78 is 33.9. The second-order valence-electron chi connectivity index (χ2n) is 10.3. The topological polar surface area (TPSA) is 85.9 Å². The van der Waals surface area contributed by atoms with E-state index >= 15 is 0 Å². The Bertz CT molecular complexity index is 1430. The summed E-state index contributed by atoms with van der Waals surface area (Å²) in [5.41, 5.74) is 4.97. The van der Waals surface area contributed by atoms with E-state index in [0.29, 0.717) is 13.2 Å². The third kappa shape index (κ3) is 4.09. The Kier molecular flexibility index (Phi) is 5.81. The minimum absolute atomic E-state index is 0.0654. The largest absolute Gasteiger partial charge is 0.374 e. The van der Waals surface area contributed by atoms with Crippen LogP contribution in [-0.4, -0.2) is 80.5 Å². The van der Waals surface area contributed by atoms with Crippen molar-refractivity contribution >= 4 is 32.5 Å². The molecule has 3 aromatic rings. The molecule has 3 aliphatic rings. The molecule has 2 atom stereocenters. The van der Waals surface area contributed by atoms with Gasteiger partial charge in [-0.3, -0.25) is 4.79 Å². The summed E-state index contributed by atoms with van der Waals surface area (Å²) in [5, 5.41) is 1.09. The van der Waals surface area contributed by atoms with Gasteiger partial charge in [-0.15, -0.1) is 0 Å². The van der Waals surface area contributed by atoms with Crippen molar-refractivity contribution in [3.8, 4) is 11.3 Å².